The smallest absolute Gasteiger partial charge is 0.0204 e. The Kier molecular flexibility index (Phi) is 5.61. The van der Waals surface area contributed by atoms with Crippen LogP contribution in [0, 0.1) is 0 Å². The van der Waals surface area contributed by atoms with Gasteiger partial charge in [-0.15, -0.1) is 0 Å². The Hall–Kier alpha value is 0.610. The second-order valence-electron chi connectivity index (χ2n) is 2.43. The van der Waals surface area contributed by atoms with Gasteiger partial charge < -0.3 is 0 Å². The van der Waals surface area contributed by atoms with Crippen LogP contribution in [0.4, 0.5) is 0 Å². The van der Waals surface area contributed by atoms with Gasteiger partial charge in [0.2, 0.25) is 0 Å². The molecule has 0 aliphatic carbocycles. The molecule has 0 radical (unpaired) electrons. The van der Waals surface area contributed by atoms with Gasteiger partial charge in [0.15, 0.2) is 0 Å². The van der Waals surface area contributed by atoms with Gasteiger partial charge in [-0.25, -0.2) is 4.49 Å². The molecule has 0 saturated carbocycles. The number of nitrogens with one attached hydrogen (secondary N) is 1. The molecular formula is C7H18NPS. The number of hydrogen-bond donors (Lipinski definition) is 2. The first kappa shape index (κ1) is 10.6. The maximum Gasteiger partial charge on any atom is -0.0204 e. The van der Waals surface area contributed by atoms with E-state index in [0.717, 1.165) is 0 Å². The second kappa shape index (κ2) is 5.29. The third-order valence-corrected chi connectivity index (χ3v) is 6.84. The molecule has 62 valence electrons. The van der Waals surface area contributed by atoms with Crippen LogP contribution < -0.4 is 4.49 Å². The van der Waals surface area contributed by atoms with Gasteiger partial charge in [0, 0.05) is 0 Å². The molecule has 0 aromatic carbocycles. The molecule has 10 heavy (non-hydrogen) atoms. The van der Waals surface area contributed by atoms with Crippen molar-refractivity contribution in [2.45, 2.75) is 27.2 Å². The molecule has 0 aromatic heterocycles. The Morgan fingerprint density at radius 3 is 2.20 bits per heavy atom. The van der Waals surface area contributed by atoms with Crippen molar-refractivity contribution in [2.75, 3.05) is 12.3 Å². The van der Waals surface area contributed by atoms with E-state index in [1.54, 1.807) is 0 Å². The van der Waals surface area contributed by atoms with Gasteiger partial charge in [-0.2, -0.15) is 0 Å². The molecule has 1 N–H and O–H groups in total. The van der Waals surface area contributed by atoms with Gasteiger partial charge >= 0.3 is 0 Å². The number of rotatable bonds is 4. The summed E-state index contributed by atoms with van der Waals surface area (Å²) in [4.78, 5) is 0. The zero-order chi connectivity index (χ0) is 8.04. The first-order chi connectivity index (χ1) is 4.74. The molecule has 0 saturated heterocycles. The van der Waals surface area contributed by atoms with Gasteiger partial charge in [-0.1, -0.05) is 38.9 Å². The van der Waals surface area contributed by atoms with Gasteiger partial charge in [-0.05, 0) is 26.3 Å². The van der Waals surface area contributed by atoms with E-state index in [9.17, 15) is 0 Å². The van der Waals surface area contributed by atoms with E-state index in [2.05, 4.69) is 43.9 Å². The maximum atomic E-state index is 4.16. The lowest BCUT2D eigenvalue weighted by Gasteiger charge is -2.21. The summed E-state index contributed by atoms with van der Waals surface area (Å²) in [5.74, 6) is 2.31. The van der Waals surface area contributed by atoms with Gasteiger partial charge in [0.1, 0.15) is 0 Å². The molecule has 0 bridgehead atoms. The van der Waals surface area contributed by atoms with E-state index in [1.165, 1.54) is 18.7 Å². The SMILES string of the molecule is CC=P(CC)(CCC)NS. The van der Waals surface area contributed by atoms with E-state index in [4.69, 9.17) is 0 Å². The summed E-state index contributed by atoms with van der Waals surface area (Å²) >= 11 is 4.16. The summed E-state index contributed by atoms with van der Waals surface area (Å²) in [7, 11) is -0.950. The van der Waals surface area contributed by atoms with Crippen molar-refractivity contribution in [1.29, 1.82) is 0 Å². The van der Waals surface area contributed by atoms with Crippen molar-refractivity contribution in [3.8, 4) is 0 Å². The summed E-state index contributed by atoms with van der Waals surface area (Å²) in [6.45, 7) is 6.59. The third-order valence-electron chi connectivity index (χ3n) is 1.88. The van der Waals surface area contributed by atoms with Crippen LogP contribution >= 0.6 is 19.9 Å². The third kappa shape index (κ3) is 2.69. The number of thiol groups is 1. The van der Waals surface area contributed by atoms with Crippen LogP contribution in [0.15, 0.2) is 0 Å². The molecular weight excluding hydrogens is 161 g/mol. The summed E-state index contributed by atoms with van der Waals surface area (Å²) in [6.07, 6.45) is 3.75. The fourth-order valence-corrected chi connectivity index (χ4v) is 4.21. The molecule has 0 aliphatic heterocycles. The molecule has 0 fully saturated rings. The van der Waals surface area contributed by atoms with E-state index in [-0.39, 0.29) is 0 Å². The molecule has 1 atom stereocenters. The van der Waals surface area contributed by atoms with Crippen molar-refractivity contribution in [3.05, 3.63) is 0 Å². The van der Waals surface area contributed by atoms with Crippen LogP contribution in [0.25, 0.3) is 0 Å². The molecule has 1 nitrogen and oxygen atoms in total. The molecule has 0 amide bonds. The summed E-state index contributed by atoms with van der Waals surface area (Å²) < 4.78 is 3.17. The topological polar surface area (TPSA) is 12.0 Å². The monoisotopic (exact) mass is 179 g/mol. The highest BCUT2D eigenvalue weighted by molar-refractivity contribution is 7.91. The van der Waals surface area contributed by atoms with Crippen molar-refractivity contribution >= 4 is 25.6 Å². The summed E-state index contributed by atoms with van der Waals surface area (Å²) in [5, 5.41) is 0. The van der Waals surface area contributed by atoms with E-state index < -0.39 is 7.04 Å². The van der Waals surface area contributed by atoms with E-state index >= 15 is 0 Å². The lowest BCUT2D eigenvalue weighted by atomic mass is 10.6. The molecule has 3 heteroatoms. The highest BCUT2D eigenvalue weighted by atomic mass is 32.1. The number of hydrogen-bond acceptors (Lipinski definition) is 2. The maximum absolute atomic E-state index is 4.16. The van der Waals surface area contributed by atoms with Crippen molar-refractivity contribution in [1.82, 2.24) is 4.49 Å². The predicted octanol–water partition coefficient (Wildman–Crippen LogP) is 2.61. The molecule has 1 unspecified atom stereocenters. The van der Waals surface area contributed by atoms with Crippen molar-refractivity contribution in [3.63, 3.8) is 0 Å². The largest absolute Gasteiger partial charge is 0.246 e. The lowest BCUT2D eigenvalue weighted by molar-refractivity contribution is 1.08. The minimum absolute atomic E-state index is 0.950. The van der Waals surface area contributed by atoms with Crippen LogP contribution in [-0.4, -0.2) is 18.1 Å². The Morgan fingerprint density at radius 2 is 2.10 bits per heavy atom. The van der Waals surface area contributed by atoms with Crippen LogP contribution in [0.5, 0.6) is 0 Å². The van der Waals surface area contributed by atoms with Crippen LogP contribution in [0.1, 0.15) is 27.2 Å². The van der Waals surface area contributed by atoms with Crippen LogP contribution in [0.2, 0.25) is 0 Å². The predicted molar refractivity (Wildman–Crippen MR) is 56.5 cm³/mol. The average Bonchev–Trinajstić information content (AvgIpc) is 2.01. The Labute approximate surface area is 70.2 Å². The highest BCUT2D eigenvalue weighted by Crippen LogP contribution is 2.42. The Morgan fingerprint density at radius 1 is 1.50 bits per heavy atom. The van der Waals surface area contributed by atoms with E-state index in [1.807, 2.05) is 0 Å². The minimum atomic E-state index is -0.950. The van der Waals surface area contributed by atoms with E-state index in [0.29, 0.717) is 0 Å². The Balaban J connectivity index is 4.18. The molecule has 0 aromatic rings. The fourth-order valence-electron chi connectivity index (χ4n) is 1.05. The van der Waals surface area contributed by atoms with Crippen molar-refractivity contribution in [2.24, 2.45) is 0 Å². The standard InChI is InChI=1S/C7H18NPS/c1-4-7-9(5-2,6-3)8-10/h5,8,10H,4,6-7H2,1-3H3. The lowest BCUT2D eigenvalue weighted by Crippen LogP contribution is -2.05. The highest BCUT2D eigenvalue weighted by Gasteiger charge is 2.08. The quantitative estimate of drug-likeness (QED) is 0.499. The molecule has 0 aliphatic rings. The van der Waals surface area contributed by atoms with Crippen molar-refractivity contribution < 1.29 is 0 Å². The zero-order valence-electron chi connectivity index (χ0n) is 7.09. The molecule has 0 heterocycles. The average molecular weight is 179 g/mol. The molecule has 0 spiro atoms. The Bertz CT molecular complexity index is 126. The molecule has 0 rings (SSSR count). The van der Waals surface area contributed by atoms with Crippen LogP contribution in [0.3, 0.4) is 0 Å². The van der Waals surface area contributed by atoms with Crippen LogP contribution in [-0.2, 0) is 0 Å². The normalized spacial score (nSPS) is 16.4. The second-order valence-corrected chi connectivity index (χ2v) is 6.90. The minimum Gasteiger partial charge on any atom is -0.246 e. The first-order valence-electron chi connectivity index (χ1n) is 3.83. The van der Waals surface area contributed by atoms with Gasteiger partial charge in [0.05, 0.1) is 0 Å². The summed E-state index contributed by atoms with van der Waals surface area (Å²) in [6, 6.07) is 0. The first-order valence-corrected chi connectivity index (χ1v) is 6.51. The van der Waals surface area contributed by atoms with Gasteiger partial charge in [-0.3, -0.25) is 0 Å². The zero-order valence-corrected chi connectivity index (χ0v) is 8.88. The summed E-state index contributed by atoms with van der Waals surface area (Å²) in [5.41, 5.74) is 0. The fraction of sp³-hybridized carbons (Fsp3) is 0.857. The van der Waals surface area contributed by atoms with Gasteiger partial charge in [0.25, 0.3) is 0 Å².